The molecule has 1 aliphatic rings. The zero-order valence-electron chi connectivity index (χ0n) is 12.5. The first kappa shape index (κ1) is 16.4. The molecule has 2 nitrogen and oxygen atoms in total. The smallest absolute Gasteiger partial charge is 0.135 e. The number of rotatable bonds is 4. The molecule has 1 rings (SSSR count). The molecular weight excluding hydrogens is 236 g/mol. The van der Waals surface area contributed by atoms with Gasteiger partial charge in [0.2, 0.25) is 0 Å². The summed E-state index contributed by atoms with van der Waals surface area (Å²) in [5, 5.41) is 0. The molecule has 2 heteroatoms. The number of hydrogen-bond donors (Lipinski definition) is 0. The molecule has 1 saturated carbocycles. The van der Waals surface area contributed by atoms with Gasteiger partial charge in [0.1, 0.15) is 12.1 Å². The van der Waals surface area contributed by atoms with Crippen LogP contribution in [-0.2, 0) is 9.59 Å². The summed E-state index contributed by atoms with van der Waals surface area (Å²) in [6, 6.07) is 0. The molecule has 0 radical (unpaired) electrons. The molecule has 0 aromatic carbocycles. The molecule has 0 saturated heterocycles. The van der Waals surface area contributed by atoms with E-state index in [-0.39, 0.29) is 5.92 Å². The van der Waals surface area contributed by atoms with E-state index >= 15 is 0 Å². The van der Waals surface area contributed by atoms with Gasteiger partial charge in [-0.2, -0.15) is 0 Å². The summed E-state index contributed by atoms with van der Waals surface area (Å²) in [6.07, 6.45) is 14.4. The zero-order valence-corrected chi connectivity index (χ0v) is 12.5. The fourth-order valence-electron chi connectivity index (χ4n) is 3.11. The SMILES string of the molecule is CC(CC=O)CC1CCCCCCCCCCC1=O. The number of carbonyl (C=O) groups excluding carboxylic acids is 2. The van der Waals surface area contributed by atoms with Crippen LogP contribution >= 0.6 is 0 Å². The first-order valence-corrected chi connectivity index (χ1v) is 8.20. The van der Waals surface area contributed by atoms with Gasteiger partial charge in [0, 0.05) is 18.8 Å². The third-order valence-electron chi connectivity index (χ3n) is 4.37. The molecule has 0 aliphatic heterocycles. The van der Waals surface area contributed by atoms with Crippen molar-refractivity contribution in [3.63, 3.8) is 0 Å². The Morgan fingerprint density at radius 1 is 1.05 bits per heavy atom. The van der Waals surface area contributed by atoms with E-state index in [9.17, 15) is 9.59 Å². The highest BCUT2D eigenvalue weighted by molar-refractivity contribution is 5.80. The summed E-state index contributed by atoms with van der Waals surface area (Å²) in [6.45, 7) is 2.10. The lowest BCUT2D eigenvalue weighted by atomic mass is 9.84. The number of ketones is 1. The van der Waals surface area contributed by atoms with Crippen molar-refractivity contribution >= 4 is 12.1 Å². The lowest BCUT2D eigenvalue weighted by Crippen LogP contribution is -2.18. The van der Waals surface area contributed by atoms with Crippen molar-refractivity contribution in [2.45, 2.75) is 84.0 Å². The van der Waals surface area contributed by atoms with Crippen LogP contribution in [-0.4, -0.2) is 12.1 Å². The maximum Gasteiger partial charge on any atom is 0.135 e. The van der Waals surface area contributed by atoms with Crippen LogP contribution in [0.25, 0.3) is 0 Å². The molecule has 0 spiro atoms. The van der Waals surface area contributed by atoms with E-state index in [1.807, 2.05) is 0 Å². The maximum atomic E-state index is 12.3. The van der Waals surface area contributed by atoms with E-state index in [2.05, 4.69) is 6.92 Å². The fourth-order valence-corrected chi connectivity index (χ4v) is 3.11. The van der Waals surface area contributed by atoms with Crippen LogP contribution in [0.4, 0.5) is 0 Å². The molecule has 2 atom stereocenters. The molecule has 1 aliphatic carbocycles. The van der Waals surface area contributed by atoms with Crippen molar-refractivity contribution in [2.24, 2.45) is 11.8 Å². The summed E-state index contributed by atoms with van der Waals surface area (Å²) >= 11 is 0. The molecule has 0 aromatic rings. The second-order valence-electron chi connectivity index (χ2n) is 6.27. The average molecular weight is 266 g/mol. The van der Waals surface area contributed by atoms with Gasteiger partial charge in [-0.25, -0.2) is 0 Å². The van der Waals surface area contributed by atoms with Gasteiger partial charge in [-0.3, -0.25) is 4.79 Å². The van der Waals surface area contributed by atoms with Crippen molar-refractivity contribution in [1.29, 1.82) is 0 Å². The minimum absolute atomic E-state index is 0.217. The molecule has 0 N–H and O–H groups in total. The summed E-state index contributed by atoms with van der Waals surface area (Å²) in [5.41, 5.74) is 0. The van der Waals surface area contributed by atoms with E-state index in [4.69, 9.17) is 0 Å². The van der Waals surface area contributed by atoms with Gasteiger partial charge in [-0.15, -0.1) is 0 Å². The Morgan fingerprint density at radius 2 is 1.63 bits per heavy atom. The Labute approximate surface area is 118 Å². The highest BCUT2D eigenvalue weighted by atomic mass is 16.1. The molecule has 0 amide bonds. The molecule has 2 unspecified atom stereocenters. The highest BCUT2D eigenvalue weighted by Crippen LogP contribution is 2.25. The van der Waals surface area contributed by atoms with Crippen LogP contribution in [0.1, 0.15) is 84.0 Å². The van der Waals surface area contributed by atoms with Gasteiger partial charge in [-0.05, 0) is 25.2 Å². The van der Waals surface area contributed by atoms with Gasteiger partial charge < -0.3 is 4.79 Å². The normalized spacial score (nSPS) is 25.1. The second kappa shape index (κ2) is 10.2. The van der Waals surface area contributed by atoms with Crippen LogP contribution in [0.3, 0.4) is 0 Å². The van der Waals surface area contributed by atoms with Crippen molar-refractivity contribution in [3.05, 3.63) is 0 Å². The fraction of sp³-hybridized carbons (Fsp3) is 0.882. The van der Waals surface area contributed by atoms with E-state index in [1.165, 1.54) is 44.9 Å². The number of hydrogen-bond acceptors (Lipinski definition) is 2. The Balaban J connectivity index is 2.45. The topological polar surface area (TPSA) is 34.1 Å². The maximum absolute atomic E-state index is 12.3. The number of aldehydes is 1. The van der Waals surface area contributed by atoms with Crippen molar-refractivity contribution in [1.82, 2.24) is 0 Å². The van der Waals surface area contributed by atoms with Crippen LogP contribution < -0.4 is 0 Å². The Kier molecular flexibility index (Phi) is 8.77. The Morgan fingerprint density at radius 3 is 2.26 bits per heavy atom. The Hall–Kier alpha value is -0.660. The summed E-state index contributed by atoms with van der Waals surface area (Å²) in [5.74, 6) is 1.03. The molecule has 110 valence electrons. The van der Waals surface area contributed by atoms with E-state index in [0.717, 1.165) is 32.0 Å². The average Bonchev–Trinajstić information content (AvgIpc) is 2.37. The van der Waals surface area contributed by atoms with Crippen molar-refractivity contribution < 1.29 is 9.59 Å². The van der Waals surface area contributed by atoms with Gasteiger partial charge in [0.15, 0.2) is 0 Å². The molecular formula is C17H30O2. The summed E-state index contributed by atoms with van der Waals surface area (Å²) < 4.78 is 0. The lowest BCUT2D eigenvalue weighted by molar-refractivity contribution is -0.124. The monoisotopic (exact) mass is 266 g/mol. The Bertz CT molecular complexity index is 260. The second-order valence-corrected chi connectivity index (χ2v) is 6.27. The third-order valence-corrected chi connectivity index (χ3v) is 4.37. The third kappa shape index (κ3) is 7.49. The number of Topliss-reactive ketones (excluding diaryl/α,β-unsaturated/α-hetero) is 1. The van der Waals surface area contributed by atoms with E-state index in [1.54, 1.807) is 0 Å². The minimum atomic E-state index is 0.217. The number of carbonyl (C=O) groups is 2. The van der Waals surface area contributed by atoms with Crippen LogP contribution in [0.5, 0.6) is 0 Å². The molecule has 19 heavy (non-hydrogen) atoms. The highest BCUT2D eigenvalue weighted by Gasteiger charge is 2.20. The van der Waals surface area contributed by atoms with E-state index < -0.39 is 0 Å². The lowest BCUT2D eigenvalue weighted by Gasteiger charge is -2.19. The standard InChI is InChI=1S/C17H30O2/c1-15(12-13-18)14-16-10-8-6-4-2-3-5-7-9-11-17(16)19/h13,15-16H,2-12,14H2,1H3. The largest absolute Gasteiger partial charge is 0.303 e. The molecule has 0 bridgehead atoms. The molecule has 0 aromatic heterocycles. The van der Waals surface area contributed by atoms with Gasteiger partial charge in [0.25, 0.3) is 0 Å². The minimum Gasteiger partial charge on any atom is -0.303 e. The summed E-state index contributed by atoms with van der Waals surface area (Å²) in [4.78, 5) is 22.8. The molecule has 1 fully saturated rings. The van der Waals surface area contributed by atoms with E-state index in [0.29, 0.717) is 18.1 Å². The summed E-state index contributed by atoms with van der Waals surface area (Å²) in [7, 11) is 0. The van der Waals surface area contributed by atoms with Crippen LogP contribution in [0.2, 0.25) is 0 Å². The van der Waals surface area contributed by atoms with Gasteiger partial charge in [0.05, 0.1) is 0 Å². The van der Waals surface area contributed by atoms with Crippen molar-refractivity contribution in [2.75, 3.05) is 0 Å². The first-order chi connectivity index (χ1) is 9.24. The van der Waals surface area contributed by atoms with Gasteiger partial charge in [-0.1, -0.05) is 51.9 Å². The van der Waals surface area contributed by atoms with Gasteiger partial charge >= 0.3 is 0 Å². The van der Waals surface area contributed by atoms with Crippen LogP contribution in [0, 0.1) is 11.8 Å². The first-order valence-electron chi connectivity index (χ1n) is 8.20. The predicted molar refractivity (Wildman–Crippen MR) is 79.1 cm³/mol. The quantitative estimate of drug-likeness (QED) is 0.691. The predicted octanol–water partition coefficient (Wildman–Crippen LogP) is 4.70. The molecule has 0 heterocycles. The zero-order chi connectivity index (χ0) is 13.9. The van der Waals surface area contributed by atoms with Crippen LogP contribution in [0.15, 0.2) is 0 Å². The van der Waals surface area contributed by atoms with Crippen molar-refractivity contribution in [3.8, 4) is 0 Å².